The quantitative estimate of drug-likeness (QED) is 0.706. The first-order valence-electron chi connectivity index (χ1n) is 5.44. The molecular weight excluding hydrogens is 186 g/mol. The van der Waals surface area contributed by atoms with Gasteiger partial charge in [-0.2, -0.15) is 0 Å². The van der Waals surface area contributed by atoms with Gasteiger partial charge in [0.05, 0.1) is 0 Å². The third kappa shape index (κ3) is 1.44. The second kappa shape index (κ2) is 3.50. The summed E-state index contributed by atoms with van der Waals surface area (Å²) in [7, 11) is 0. The lowest BCUT2D eigenvalue weighted by molar-refractivity contribution is 0.735. The number of rotatable bonds is 1. The summed E-state index contributed by atoms with van der Waals surface area (Å²) in [6.45, 7) is 0. The summed E-state index contributed by atoms with van der Waals surface area (Å²) in [6, 6.07) is 5.99. The summed E-state index contributed by atoms with van der Waals surface area (Å²) in [5, 5.41) is 8.43. The summed E-state index contributed by atoms with van der Waals surface area (Å²) in [5.41, 5.74) is 2.28. The maximum Gasteiger partial charge on any atom is 0.163 e. The van der Waals surface area contributed by atoms with E-state index in [1.54, 1.807) is 0 Å². The van der Waals surface area contributed by atoms with Crippen LogP contribution in [0.3, 0.4) is 0 Å². The number of hydrogen-bond acceptors (Lipinski definition) is 2. The minimum atomic E-state index is 0.930. The van der Waals surface area contributed by atoms with Gasteiger partial charge in [0.25, 0.3) is 0 Å². The molecule has 2 aromatic rings. The molecule has 3 nitrogen and oxygen atoms in total. The molecule has 0 N–H and O–H groups in total. The Balaban J connectivity index is 2.14. The second-order valence-electron chi connectivity index (χ2n) is 3.93. The number of allylic oxidation sites excluding steroid dienone is 2. The highest BCUT2D eigenvalue weighted by atomic mass is 15.2. The Morgan fingerprint density at radius 2 is 2.13 bits per heavy atom. The molecule has 2 aromatic heterocycles. The molecule has 0 spiro atoms. The van der Waals surface area contributed by atoms with Gasteiger partial charge in [0.1, 0.15) is 0 Å². The molecule has 2 heterocycles. The van der Waals surface area contributed by atoms with Crippen molar-refractivity contribution in [2.75, 3.05) is 0 Å². The van der Waals surface area contributed by atoms with Crippen molar-refractivity contribution in [3.05, 3.63) is 36.3 Å². The molecule has 0 aliphatic heterocycles. The van der Waals surface area contributed by atoms with Gasteiger partial charge >= 0.3 is 0 Å². The Bertz CT molecular complexity index is 510. The smallest absolute Gasteiger partial charge is 0.163 e. The van der Waals surface area contributed by atoms with E-state index in [0.717, 1.165) is 17.9 Å². The van der Waals surface area contributed by atoms with Crippen LogP contribution in [0.1, 0.15) is 31.5 Å². The minimum absolute atomic E-state index is 0.930. The predicted molar refractivity (Wildman–Crippen MR) is 59.4 cm³/mol. The Labute approximate surface area is 88.5 Å². The third-order valence-corrected chi connectivity index (χ3v) is 2.89. The molecule has 0 saturated carbocycles. The summed E-state index contributed by atoms with van der Waals surface area (Å²) in [4.78, 5) is 0. The molecule has 76 valence electrons. The predicted octanol–water partition coefficient (Wildman–Crippen LogP) is 2.69. The average Bonchev–Trinajstić information content (AvgIpc) is 2.74. The van der Waals surface area contributed by atoms with Gasteiger partial charge in [0, 0.05) is 6.20 Å². The van der Waals surface area contributed by atoms with Crippen LogP contribution in [-0.4, -0.2) is 14.6 Å². The van der Waals surface area contributed by atoms with Crippen molar-refractivity contribution >= 4 is 11.2 Å². The molecule has 0 atom stereocenters. The van der Waals surface area contributed by atoms with Crippen LogP contribution in [-0.2, 0) is 0 Å². The molecule has 1 aliphatic rings. The number of hydrogen-bond donors (Lipinski definition) is 0. The lowest BCUT2D eigenvalue weighted by atomic mass is 9.99. The fourth-order valence-corrected chi connectivity index (χ4v) is 2.10. The lowest BCUT2D eigenvalue weighted by Gasteiger charge is -2.10. The number of pyridine rings is 1. The second-order valence-corrected chi connectivity index (χ2v) is 3.93. The van der Waals surface area contributed by atoms with E-state index < -0.39 is 0 Å². The van der Waals surface area contributed by atoms with Crippen LogP contribution in [0.4, 0.5) is 0 Å². The maximum absolute atomic E-state index is 4.26. The average molecular weight is 199 g/mol. The van der Waals surface area contributed by atoms with E-state index in [4.69, 9.17) is 0 Å². The van der Waals surface area contributed by atoms with Crippen molar-refractivity contribution in [2.24, 2.45) is 0 Å². The molecule has 0 radical (unpaired) electrons. The maximum atomic E-state index is 4.26. The molecule has 0 amide bonds. The molecule has 1 aliphatic carbocycles. The molecule has 0 saturated heterocycles. The van der Waals surface area contributed by atoms with Gasteiger partial charge in [-0.25, -0.2) is 0 Å². The number of nitrogens with zero attached hydrogens (tertiary/aromatic N) is 3. The van der Waals surface area contributed by atoms with Gasteiger partial charge in [-0.05, 0) is 43.4 Å². The zero-order valence-electron chi connectivity index (χ0n) is 8.56. The van der Waals surface area contributed by atoms with Crippen LogP contribution in [0.5, 0.6) is 0 Å². The van der Waals surface area contributed by atoms with Crippen LogP contribution in [0.2, 0.25) is 0 Å². The zero-order valence-corrected chi connectivity index (χ0v) is 8.56. The first-order valence-corrected chi connectivity index (χ1v) is 5.44. The Kier molecular flexibility index (Phi) is 2.02. The fourth-order valence-electron chi connectivity index (χ4n) is 2.10. The summed E-state index contributed by atoms with van der Waals surface area (Å²) in [6.07, 6.45) is 9.22. The SMILES string of the molecule is C1=C(c2nnc3ccccn23)CCCC1. The highest BCUT2D eigenvalue weighted by molar-refractivity contribution is 5.62. The number of aromatic nitrogens is 3. The monoisotopic (exact) mass is 199 g/mol. The third-order valence-electron chi connectivity index (χ3n) is 2.89. The highest BCUT2D eigenvalue weighted by Crippen LogP contribution is 2.25. The molecule has 3 heteroatoms. The van der Waals surface area contributed by atoms with Crippen LogP contribution >= 0.6 is 0 Å². The Morgan fingerprint density at radius 3 is 3.00 bits per heavy atom. The fraction of sp³-hybridized carbons (Fsp3) is 0.333. The summed E-state index contributed by atoms with van der Waals surface area (Å²) < 4.78 is 2.07. The van der Waals surface area contributed by atoms with Gasteiger partial charge < -0.3 is 0 Å². The van der Waals surface area contributed by atoms with Crippen molar-refractivity contribution in [1.82, 2.24) is 14.6 Å². The van der Waals surface area contributed by atoms with Crippen molar-refractivity contribution < 1.29 is 0 Å². The molecule has 15 heavy (non-hydrogen) atoms. The van der Waals surface area contributed by atoms with E-state index in [2.05, 4.69) is 20.7 Å². The lowest BCUT2D eigenvalue weighted by Crippen LogP contribution is -1.97. The van der Waals surface area contributed by atoms with Crippen molar-refractivity contribution in [3.8, 4) is 0 Å². The zero-order chi connectivity index (χ0) is 10.1. The number of fused-ring (bicyclic) bond motifs is 1. The molecule has 0 unspecified atom stereocenters. The minimum Gasteiger partial charge on any atom is -0.283 e. The van der Waals surface area contributed by atoms with Crippen LogP contribution in [0, 0.1) is 0 Å². The van der Waals surface area contributed by atoms with Crippen molar-refractivity contribution in [2.45, 2.75) is 25.7 Å². The van der Waals surface area contributed by atoms with Crippen molar-refractivity contribution in [1.29, 1.82) is 0 Å². The molecule has 0 fully saturated rings. The van der Waals surface area contributed by atoms with Gasteiger partial charge in [0.15, 0.2) is 11.5 Å². The molecule has 0 aromatic carbocycles. The van der Waals surface area contributed by atoms with Gasteiger partial charge in [-0.1, -0.05) is 12.1 Å². The van der Waals surface area contributed by atoms with Crippen LogP contribution in [0.15, 0.2) is 30.5 Å². The first kappa shape index (κ1) is 8.65. The summed E-state index contributed by atoms with van der Waals surface area (Å²) in [5.74, 6) is 1.02. The topological polar surface area (TPSA) is 30.2 Å². The van der Waals surface area contributed by atoms with Crippen molar-refractivity contribution in [3.63, 3.8) is 0 Å². The summed E-state index contributed by atoms with van der Waals surface area (Å²) >= 11 is 0. The van der Waals surface area contributed by atoms with Crippen LogP contribution < -0.4 is 0 Å². The van der Waals surface area contributed by atoms with E-state index in [1.165, 1.54) is 24.8 Å². The largest absolute Gasteiger partial charge is 0.283 e. The Hall–Kier alpha value is -1.64. The Morgan fingerprint density at radius 1 is 1.13 bits per heavy atom. The van der Waals surface area contributed by atoms with Gasteiger partial charge in [-0.15, -0.1) is 10.2 Å². The van der Waals surface area contributed by atoms with E-state index in [9.17, 15) is 0 Å². The molecular formula is C12H13N3. The van der Waals surface area contributed by atoms with Gasteiger partial charge in [-0.3, -0.25) is 4.40 Å². The molecule has 3 rings (SSSR count). The highest BCUT2D eigenvalue weighted by Gasteiger charge is 2.11. The van der Waals surface area contributed by atoms with E-state index >= 15 is 0 Å². The standard InChI is InChI=1S/C12H13N3/c1-2-6-10(7-3-1)12-14-13-11-8-4-5-9-15(11)12/h4-6,8-9H,1-3,7H2. The normalized spacial score (nSPS) is 16.7. The first-order chi connectivity index (χ1) is 7.45. The van der Waals surface area contributed by atoms with Gasteiger partial charge in [0.2, 0.25) is 0 Å². The van der Waals surface area contributed by atoms with E-state index in [1.807, 2.05) is 24.4 Å². The van der Waals surface area contributed by atoms with E-state index in [-0.39, 0.29) is 0 Å². The molecule has 0 bridgehead atoms. The van der Waals surface area contributed by atoms with E-state index in [0.29, 0.717) is 0 Å². The van der Waals surface area contributed by atoms with Crippen LogP contribution in [0.25, 0.3) is 11.2 Å².